The van der Waals surface area contributed by atoms with Crippen LogP contribution in [0, 0.1) is 0 Å². The lowest BCUT2D eigenvalue weighted by Crippen LogP contribution is -2.03. The Bertz CT molecular complexity index is 791. The van der Waals surface area contributed by atoms with E-state index in [1.54, 1.807) is 30.6 Å². The van der Waals surface area contributed by atoms with E-state index in [2.05, 4.69) is 20.9 Å². The number of fused-ring (bicyclic) bond motifs is 1. The number of carbonyl (C=O) groups is 1. The number of aromatic nitrogens is 1. The molecule has 0 aliphatic carbocycles. The molecule has 3 rings (SSSR count). The molecule has 2 aromatic carbocycles. The number of nitrogens with zero attached hydrogens (tertiary/aromatic N) is 1. The van der Waals surface area contributed by atoms with Gasteiger partial charge in [0.15, 0.2) is 5.78 Å². The highest BCUT2D eigenvalue weighted by atomic mass is 79.9. The second kappa shape index (κ2) is 5.35. The summed E-state index contributed by atoms with van der Waals surface area (Å²) < 4.78 is 0.779. The molecule has 0 bridgehead atoms. The first kappa shape index (κ1) is 13.3. The summed E-state index contributed by atoms with van der Waals surface area (Å²) in [5.41, 5.74) is 1.12. The molecule has 0 fully saturated rings. The Hall–Kier alpha value is -1.71. The summed E-state index contributed by atoms with van der Waals surface area (Å²) in [6, 6.07) is 12.9. The monoisotopic (exact) mass is 345 g/mol. The van der Waals surface area contributed by atoms with Gasteiger partial charge < -0.3 is 0 Å². The molecule has 0 aliphatic heterocycles. The van der Waals surface area contributed by atoms with Gasteiger partial charge in [-0.1, -0.05) is 51.8 Å². The van der Waals surface area contributed by atoms with E-state index in [0.29, 0.717) is 16.1 Å². The van der Waals surface area contributed by atoms with Crippen molar-refractivity contribution in [1.29, 1.82) is 0 Å². The lowest BCUT2D eigenvalue weighted by Gasteiger charge is -2.06. The second-order valence-corrected chi connectivity index (χ2v) is 5.75. The van der Waals surface area contributed by atoms with Gasteiger partial charge in [-0.25, -0.2) is 0 Å². The van der Waals surface area contributed by atoms with Gasteiger partial charge in [-0.15, -0.1) is 0 Å². The van der Waals surface area contributed by atoms with Gasteiger partial charge in [-0.2, -0.15) is 0 Å². The van der Waals surface area contributed by atoms with Gasteiger partial charge in [-0.05, 0) is 23.6 Å². The summed E-state index contributed by atoms with van der Waals surface area (Å²) in [6.07, 6.45) is 3.35. The molecule has 0 saturated heterocycles. The van der Waals surface area contributed by atoms with Gasteiger partial charge in [0.1, 0.15) is 0 Å². The first-order chi connectivity index (χ1) is 9.65. The molecular weight excluding hydrogens is 338 g/mol. The summed E-state index contributed by atoms with van der Waals surface area (Å²) in [4.78, 5) is 16.8. The highest BCUT2D eigenvalue weighted by Gasteiger charge is 2.14. The molecule has 3 aromatic rings. The Balaban J connectivity index is 2.17. The quantitative estimate of drug-likeness (QED) is 0.619. The van der Waals surface area contributed by atoms with Crippen LogP contribution in [0.4, 0.5) is 0 Å². The van der Waals surface area contributed by atoms with Crippen LogP contribution in [0.3, 0.4) is 0 Å². The Labute approximate surface area is 129 Å². The van der Waals surface area contributed by atoms with Crippen molar-refractivity contribution in [1.82, 2.24) is 4.98 Å². The fraction of sp³-hybridized carbons (Fsp3) is 0. The number of hydrogen-bond donors (Lipinski definition) is 0. The summed E-state index contributed by atoms with van der Waals surface area (Å²) in [5, 5.41) is 2.36. The van der Waals surface area contributed by atoms with Crippen molar-refractivity contribution in [3.05, 3.63) is 75.5 Å². The van der Waals surface area contributed by atoms with E-state index in [4.69, 9.17) is 11.6 Å². The molecule has 0 amide bonds. The minimum atomic E-state index is -0.0856. The van der Waals surface area contributed by atoms with Gasteiger partial charge in [0.25, 0.3) is 0 Å². The van der Waals surface area contributed by atoms with Gasteiger partial charge in [-0.3, -0.25) is 9.78 Å². The van der Waals surface area contributed by atoms with E-state index in [1.807, 2.05) is 24.3 Å². The van der Waals surface area contributed by atoms with Crippen molar-refractivity contribution < 1.29 is 4.79 Å². The fourth-order valence-electron chi connectivity index (χ4n) is 2.14. The van der Waals surface area contributed by atoms with E-state index in [-0.39, 0.29) is 5.78 Å². The standard InChI is InChI=1S/C16H9BrClNO/c17-12-5-11(6-13(18)7-12)16(20)15-9-19-8-10-3-1-2-4-14(10)15/h1-9H. The lowest BCUT2D eigenvalue weighted by molar-refractivity contribution is 0.104. The summed E-state index contributed by atoms with van der Waals surface area (Å²) >= 11 is 9.35. The molecule has 0 atom stereocenters. The summed E-state index contributed by atoms with van der Waals surface area (Å²) in [5.74, 6) is -0.0856. The third-order valence-corrected chi connectivity index (χ3v) is 3.71. The topological polar surface area (TPSA) is 30.0 Å². The number of hydrogen-bond acceptors (Lipinski definition) is 2. The molecule has 1 aromatic heterocycles. The third kappa shape index (κ3) is 2.47. The zero-order chi connectivity index (χ0) is 14.1. The zero-order valence-electron chi connectivity index (χ0n) is 10.3. The average molecular weight is 347 g/mol. The van der Waals surface area contributed by atoms with Crippen molar-refractivity contribution >= 4 is 44.1 Å². The van der Waals surface area contributed by atoms with Crippen LogP contribution in [-0.4, -0.2) is 10.8 Å². The highest BCUT2D eigenvalue weighted by molar-refractivity contribution is 9.10. The van der Waals surface area contributed by atoms with Crippen molar-refractivity contribution in [2.24, 2.45) is 0 Å². The maximum Gasteiger partial charge on any atom is 0.195 e. The summed E-state index contributed by atoms with van der Waals surface area (Å²) in [7, 11) is 0. The predicted octanol–water partition coefficient (Wildman–Crippen LogP) is 4.88. The molecular formula is C16H9BrClNO. The third-order valence-electron chi connectivity index (χ3n) is 3.04. The fourth-order valence-corrected chi connectivity index (χ4v) is 3.00. The predicted molar refractivity (Wildman–Crippen MR) is 84.3 cm³/mol. The van der Waals surface area contributed by atoms with Crippen LogP contribution >= 0.6 is 27.5 Å². The number of halogens is 2. The van der Waals surface area contributed by atoms with E-state index >= 15 is 0 Å². The SMILES string of the molecule is O=C(c1cc(Cl)cc(Br)c1)c1cncc2ccccc12. The van der Waals surface area contributed by atoms with E-state index < -0.39 is 0 Å². The van der Waals surface area contributed by atoms with Gasteiger partial charge in [0.2, 0.25) is 0 Å². The van der Waals surface area contributed by atoms with Crippen LogP contribution in [0.25, 0.3) is 10.8 Å². The molecule has 2 nitrogen and oxygen atoms in total. The number of benzene rings is 2. The first-order valence-electron chi connectivity index (χ1n) is 5.99. The average Bonchev–Trinajstić information content (AvgIpc) is 2.45. The largest absolute Gasteiger partial charge is 0.289 e. The van der Waals surface area contributed by atoms with Gasteiger partial charge in [0, 0.05) is 38.4 Å². The summed E-state index contributed by atoms with van der Waals surface area (Å²) in [6.45, 7) is 0. The van der Waals surface area contributed by atoms with Gasteiger partial charge in [0.05, 0.1) is 0 Å². The van der Waals surface area contributed by atoms with Crippen LogP contribution < -0.4 is 0 Å². The molecule has 0 unspecified atom stereocenters. The van der Waals surface area contributed by atoms with Gasteiger partial charge >= 0.3 is 0 Å². The Morgan fingerprint density at radius 1 is 1.10 bits per heavy atom. The minimum absolute atomic E-state index is 0.0856. The molecule has 0 saturated carbocycles. The van der Waals surface area contributed by atoms with Crippen molar-refractivity contribution in [3.63, 3.8) is 0 Å². The molecule has 1 heterocycles. The first-order valence-corrected chi connectivity index (χ1v) is 7.16. The molecule has 0 spiro atoms. The smallest absolute Gasteiger partial charge is 0.195 e. The maximum atomic E-state index is 12.6. The van der Waals surface area contributed by atoms with E-state index in [9.17, 15) is 4.79 Å². The van der Waals surface area contributed by atoms with Crippen LogP contribution in [0.15, 0.2) is 59.3 Å². The lowest BCUT2D eigenvalue weighted by atomic mass is 10.00. The Morgan fingerprint density at radius 3 is 2.70 bits per heavy atom. The highest BCUT2D eigenvalue weighted by Crippen LogP contribution is 2.24. The minimum Gasteiger partial charge on any atom is -0.289 e. The second-order valence-electron chi connectivity index (χ2n) is 4.40. The number of carbonyl (C=O) groups excluding carboxylic acids is 1. The molecule has 0 radical (unpaired) electrons. The zero-order valence-corrected chi connectivity index (χ0v) is 12.6. The molecule has 98 valence electrons. The molecule has 0 aliphatic rings. The molecule has 4 heteroatoms. The normalized spacial score (nSPS) is 10.7. The van der Waals surface area contributed by atoms with Crippen molar-refractivity contribution in [3.8, 4) is 0 Å². The number of ketones is 1. The molecule has 0 N–H and O–H groups in total. The van der Waals surface area contributed by atoms with Crippen molar-refractivity contribution in [2.75, 3.05) is 0 Å². The van der Waals surface area contributed by atoms with E-state index in [1.165, 1.54) is 0 Å². The van der Waals surface area contributed by atoms with Crippen LogP contribution in [0.2, 0.25) is 5.02 Å². The number of rotatable bonds is 2. The number of pyridine rings is 1. The van der Waals surface area contributed by atoms with Crippen LogP contribution in [0.1, 0.15) is 15.9 Å². The Kier molecular flexibility index (Phi) is 3.55. The maximum absolute atomic E-state index is 12.6. The molecule has 20 heavy (non-hydrogen) atoms. The van der Waals surface area contributed by atoms with E-state index in [0.717, 1.165) is 15.2 Å². The van der Waals surface area contributed by atoms with Crippen molar-refractivity contribution in [2.45, 2.75) is 0 Å². The van der Waals surface area contributed by atoms with Crippen LogP contribution in [-0.2, 0) is 0 Å². The Morgan fingerprint density at radius 2 is 1.90 bits per heavy atom. The van der Waals surface area contributed by atoms with Crippen LogP contribution in [0.5, 0.6) is 0 Å².